The summed E-state index contributed by atoms with van der Waals surface area (Å²) in [7, 11) is 0. The molecule has 85 valence electrons. The fraction of sp³-hybridized carbons (Fsp3) is 0.727. The first-order valence-corrected chi connectivity index (χ1v) is 4.47. The first kappa shape index (κ1) is 16.4. The average Bonchev–Trinajstić information content (AvgIpc) is 1.82. The molecule has 14 heavy (non-hydrogen) atoms. The number of rotatable bonds is 3. The van der Waals surface area contributed by atoms with Crippen LogP contribution in [0.1, 0.15) is 41.0 Å². The Kier molecular flexibility index (Phi) is 6.07. The van der Waals surface area contributed by atoms with Gasteiger partial charge in [0.15, 0.2) is 0 Å². The molecule has 0 rings (SSSR count). The Morgan fingerprint density at radius 3 is 1.57 bits per heavy atom. The zero-order valence-corrected chi connectivity index (χ0v) is 12.0. The Bertz CT molecular complexity index is 194. The van der Waals surface area contributed by atoms with Crippen LogP contribution in [0.2, 0.25) is 0 Å². The third-order valence-electron chi connectivity index (χ3n) is 1.91. The molecule has 0 atom stereocenters. The monoisotopic (exact) mass is 376 g/mol. The van der Waals surface area contributed by atoms with Crippen LogP contribution in [-0.4, -0.2) is 11.6 Å². The molecule has 0 saturated carbocycles. The third kappa shape index (κ3) is 5.66. The van der Waals surface area contributed by atoms with E-state index in [9.17, 15) is 9.59 Å². The van der Waals surface area contributed by atoms with E-state index >= 15 is 0 Å². The quantitative estimate of drug-likeness (QED) is 0.561. The van der Waals surface area contributed by atoms with Gasteiger partial charge in [-0.1, -0.05) is 34.6 Å². The van der Waals surface area contributed by atoms with Crippen molar-refractivity contribution >= 4 is 11.6 Å². The van der Waals surface area contributed by atoms with Gasteiger partial charge in [-0.3, -0.25) is 4.79 Å². The standard InChI is InChI=1S/C11H19O2.Ir/c1-10(2,3)8(12)7-9(13)11(4,5)6;/h1,7H2,2-6H3;/q-1;. The van der Waals surface area contributed by atoms with E-state index in [1.165, 1.54) is 0 Å². The molecule has 0 saturated heterocycles. The molecule has 0 aromatic rings. The normalized spacial score (nSPS) is 11.9. The van der Waals surface area contributed by atoms with Crippen molar-refractivity contribution in [2.45, 2.75) is 41.0 Å². The summed E-state index contributed by atoms with van der Waals surface area (Å²) in [5, 5.41) is 0. The summed E-state index contributed by atoms with van der Waals surface area (Å²) in [4.78, 5) is 22.9. The summed E-state index contributed by atoms with van der Waals surface area (Å²) in [5.41, 5.74) is -1.08. The second kappa shape index (κ2) is 5.18. The van der Waals surface area contributed by atoms with Gasteiger partial charge in [0, 0.05) is 25.5 Å². The van der Waals surface area contributed by atoms with Gasteiger partial charge in [-0.15, -0.1) is 5.41 Å². The van der Waals surface area contributed by atoms with E-state index in [0.717, 1.165) is 0 Å². The van der Waals surface area contributed by atoms with E-state index in [0.29, 0.717) is 0 Å². The minimum atomic E-state index is -0.652. The molecule has 0 bridgehead atoms. The largest absolute Gasteiger partial charge is 0.331 e. The van der Waals surface area contributed by atoms with Crippen LogP contribution < -0.4 is 0 Å². The predicted octanol–water partition coefficient (Wildman–Crippen LogP) is 2.42. The fourth-order valence-corrected chi connectivity index (χ4v) is 0.650. The van der Waals surface area contributed by atoms with Crippen molar-refractivity contribution in [1.82, 2.24) is 0 Å². The maximum Gasteiger partial charge on any atom is 0.145 e. The molecule has 0 aliphatic carbocycles. The van der Waals surface area contributed by atoms with Crippen LogP contribution in [0.5, 0.6) is 0 Å². The van der Waals surface area contributed by atoms with Crippen molar-refractivity contribution in [3.05, 3.63) is 6.92 Å². The number of hydrogen-bond acceptors (Lipinski definition) is 2. The molecule has 0 N–H and O–H groups in total. The van der Waals surface area contributed by atoms with Crippen molar-refractivity contribution in [2.24, 2.45) is 10.8 Å². The summed E-state index contributed by atoms with van der Waals surface area (Å²) in [6.07, 6.45) is -0.000000000000000222. The molecule has 0 spiro atoms. The second-order valence-electron chi connectivity index (χ2n) is 5.16. The maximum absolute atomic E-state index is 11.5. The van der Waals surface area contributed by atoms with E-state index in [-0.39, 0.29) is 38.1 Å². The predicted molar refractivity (Wildman–Crippen MR) is 53.2 cm³/mol. The average molecular weight is 375 g/mol. The van der Waals surface area contributed by atoms with Gasteiger partial charge in [-0.05, 0) is 0 Å². The third-order valence-corrected chi connectivity index (χ3v) is 1.91. The molecule has 0 aromatic heterocycles. The van der Waals surface area contributed by atoms with E-state index in [1.807, 2.05) is 20.8 Å². The molecule has 0 unspecified atom stereocenters. The molecule has 0 heterocycles. The molecule has 0 aliphatic heterocycles. The van der Waals surface area contributed by atoms with Crippen LogP contribution >= 0.6 is 0 Å². The van der Waals surface area contributed by atoms with Crippen LogP contribution in [0, 0.1) is 17.8 Å². The van der Waals surface area contributed by atoms with Gasteiger partial charge in [0.25, 0.3) is 0 Å². The topological polar surface area (TPSA) is 34.1 Å². The van der Waals surface area contributed by atoms with Gasteiger partial charge in [0.2, 0.25) is 0 Å². The van der Waals surface area contributed by atoms with Gasteiger partial charge in [-0.2, -0.15) is 0 Å². The zero-order chi connectivity index (χ0) is 10.9. The van der Waals surface area contributed by atoms with Crippen LogP contribution in [-0.2, 0) is 29.7 Å². The summed E-state index contributed by atoms with van der Waals surface area (Å²) >= 11 is 0. The van der Waals surface area contributed by atoms with Crippen LogP contribution in [0.4, 0.5) is 0 Å². The molecular formula is C11H19IrO2-. The van der Waals surface area contributed by atoms with E-state index in [4.69, 9.17) is 0 Å². The maximum atomic E-state index is 11.5. The molecular weight excluding hydrogens is 356 g/mol. The molecule has 2 nitrogen and oxygen atoms in total. The van der Waals surface area contributed by atoms with Gasteiger partial charge >= 0.3 is 0 Å². The van der Waals surface area contributed by atoms with Gasteiger partial charge in [-0.25, -0.2) is 0 Å². The number of Topliss-reactive ketones (excluding diaryl/α,β-unsaturated/α-hetero) is 2. The number of ketones is 2. The Morgan fingerprint density at radius 2 is 1.36 bits per heavy atom. The minimum Gasteiger partial charge on any atom is -0.331 e. The fourth-order valence-electron chi connectivity index (χ4n) is 0.650. The minimum absolute atomic E-state index is 0. The molecule has 0 aliphatic rings. The summed E-state index contributed by atoms with van der Waals surface area (Å²) < 4.78 is 0. The van der Waals surface area contributed by atoms with E-state index in [2.05, 4.69) is 6.92 Å². The Balaban J connectivity index is 0. The summed E-state index contributed by atoms with van der Waals surface area (Å²) in [6.45, 7) is 12.6. The van der Waals surface area contributed by atoms with Crippen LogP contribution in [0.3, 0.4) is 0 Å². The Labute approximate surface area is 100 Å². The number of carbonyl (C=O) groups is 2. The molecule has 1 radical (unpaired) electrons. The van der Waals surface area contributed by atoms with E-state index < -0.39 is 10.8 Å². The van der Waals surface area contributed by atoms with Crippen molar-refractivity contribution in [2.75, 3.05) is 0 Å². The molecule has 0 fully saturated rings. The summed E-state index contributed by atoms with van der Waals surface area (Å²) in [6, 6.07) is 0. The van der Waals surface area contributed by atoms with Crippen molar-refractivity contribution < 1.29 is 29.7 Å². The van der Waals surface area contributed by atoms with Crippen molar-refractivity contribution in [3.63, 3.8) is 0 Å². The molecule has 3 heteroatoms. The molecule has 0 amide bonds. The smallest absolute Gasteiger partial charge is 0.145 e. The second-order valence-corrected chi connectivity index (χ2v) is 5.16. The number of hydrogen-bond donors (Lipinski definition) is 0. The first-order chi connectivity index (χ1) is 5.55. The molecule has 0 aromatic carbocycles. The van der Waals surface area contributed by atoms with Crippen LogP contribution in [0.15, 0.2) is 0 Å². The Hall–Kier alpha value is -0.0106. The van der Waals surface area contributed by atoms with E-state index in [1.54, 1.807) is 13.8 Å². The summed E-state index contributed by atoms with van der Waals surface area (Å²) in [5.74, 6) is -0.110. The van der Waals surface area contributed by atoms with Gasteiger partial charge in [0.05, 0.1) is 6.42 Å². The van der Waals surface area contributed by atoms with Gasteiger partial charge in [0.1, 0.15) is 11.6 Å². The zero-order valence-electron chi connectivity index (χ0n) is 9.56. The Morgan fingerprint density at radius 1 is 1.00 bits per heavy atom. The van der Waals surface area contributed by atoms with Gasteiger partial charge < -0.3 is 11.7 Å². The van der Waals surface area contributed by atoms with Crippen molar-refractivity contribution in [3.8, 4) is 0 Å². The first-order valence-electron chi connectivity index (χ1n) is 4.47. The SMILES string of the molecule is [CH2-]C(C)(C)C(=O)CC(=O)C(C)(C)C.[Ir]. The van der Waals surface area contributed by atoms with Crippen molar-refractivity contribution in [1.29, 1.82) is 0 Å². The number of carbonyl (C=O) groups excluding carboxylic acids is 2. The van der Waals surface area contributed by atoms with Crippen LogP contribution in [0.25, 0.3) is 0 Å².